The number of rotatable bonds is 0. The molecule has 2 nitrogen and oxygen atoms in total. The minimum atomic E-state index is -1.00. The molecule has 0 radical (unpaired) electrons. The number of hydrogen-bond donors (Lipinski definition) is 1. The van der Waals surface area contributed by atoms with Crippen LogP contribution in [0.4, 0.5) is 0 Å². The van der Waals surface area contributed by atoms with Crippen molar-refractivity contribution in [2.75, 3.05) is 0 Å². The molecule has 0 aliphatic heterocycles. The summed E-state index contributed by atoms with van der Waals surface area (Å²) in [5, 5.41) is 0. The molecular weight excluding hydrogens is 112 g/mol. The first kappa shape index (κ1) is 18.6. The van der Waals surface area contributed by atoms with Gasteiger partial charge in [-0.05, 0) is 0 Å². The molecular formula is C2H9FeO2. The molecule has 0 aliphatic carbocycles. The van der Waals surface area contributed by atoms with E-state index in [1.165, 1.54) is 0 Å². The second kappa shape index (κ2) is 28.1. The first-order valence-electron chi connectivity index (χ1n) is 0.302. The topological polar surface area (TPSA) is 37.3 Å². The molecule has 0 spiro atoms. The standard InChI is InChI=1S/2CH4.Fe.H2O.O/h2*1H4;;1H2;/q;;+1;;/p-1. The molecule has 0 unspecified atom stereocenters. The van der Waals surface area contributed by atoms with Gasteiger partial charge in [0.05, 0.1) is 0 Å². The van der Waals surface area contributed by atoms with Gasteiger partial charge in [0.2, 0.25) is 0 Å². The molecule has 0 heterocycles. The Kier molecular flexibility index (Phi) is 105. The van der Waals surface area contributed by atoms with Gasteiger partial charge in [-0.1, -0.05) is 14.9 Å². The van der Waals surface area contributed by atoms with E-state index in [0.717, 1.165) is 0 Å². The zero-order chi connectivity index (χ0) is 2.71. The zero-order valence-electron chi connectivity index (χ0n) is 1.21. The summed E-state index contributed by atoms with van der Waals surface area (Å²) in [5.74, 6) is 0. The van der Waals surface area contributed by atoms with E-state index in [1.807, 2.05) is 0 Å². The molecule has 1 N–H and O–H groups in total. The summed E-state index contributed by atoms with van der Waals surface area (Å²) in [5.41, 5.74) is 0. The summed E-state index contributed by atoms with van der Waals surface area (Å²) >= 11 is -1.00. The summed E-state index contributed by atoms with van der Waals surface area (Å²) in [6.07, 6.45) is 0. The summed E-state index contributed by atoms with van der Waals surface area (Å²) < 4.78 is 15.5. The van der Waals surface area contributed by atoms with Crippen LogP contribution in [0.25, 0.3) is 0 Å². The van der Waals surface area contributed by atoms with Gasteiger partial charge in [0, 0.05) is 0 Å². The first-order chi connectivity index (χ1) is 1.41. The molecule has 0 fully saturated rings. The Balaban J connectivity index is -0.0000000200. The van der Waals surface area contributed by atoms with Gasteiger partial charge >= 0.3 is 23.2 Å². The summed E-state index contributed by atoms with van der Waals surface area (Å²) in [6, 6.07) is 0. The van der Waals surface area contributed by atoms with Crippen LogP contribution in [0.5, 0.6) is 0 Å². The van der Waals surface area contributed by atoms with Crippen molar-refractivity contribution in [3.05, 3.63) is 0 Å². The predicted octanol–water partition coefficient (Wildman–Crippen LogP) is 0.594. The van der Waals surface area contributed by atoms with E-state index in [9.17, 15) is 0 Å². The van der Waals surface area contributed by atoms with Crippen molar-refractivity contribution in [2.45, 2.75) is 14.9 Å². The van der Waals surface area contributed by atoms with E-state index in [2.05, 4.69) is 0 Å². The first-order valence-corrected chi connectivity index (χ1v) is 1.25. The van der Waals surface area contributed by atoms with Crippen molar-refractivity contribution >= 4 is 0 Å². The molecule has 3 heteroatoms. The molecule has 0 saturated carbocycles. The molecule has 0 saturated heterocycles. The van der Waals surface area contributed by atoms with Crippen LogP contribution in [0.1, 0.15) is 14.9 Å². The summed E-state index contributed by atoms with van der Waals surface area (Å²) in [7, 11) is 0. The zero-order valence-corrected chi connectivity index (χ0v) is 2.31. The van der Waals surface area contributed by atoms with Crippen LogP contribution in [0.2, 0.25) is 0 Å². The Labute approximate surface area is 38.9 Å². The van der Waals surface area contributed by atoms with E-state index in [0.29, 0.717) is 0 Å². The average Bonchev–Trinajstić information content (AvgIpc) is 0.918. The third-order valence-corrected chi connectivity index (χ3v) is 0. The van der Waals surface area contributed by atoms with Crippen LogP contribution in [0.3, 0.4) is 0 Å². The van der Waals surface area contributed by atoms with E-state index in [1.54, 1.807) is 0 Å². The van der Waals surface area contributed by atoms with Crippen molar-refractivity contribution in [2.24, 2.45) is 0 Å². The second-order valence-electron chi connectivity index (χ2n) is 0.0645. The van der Waals surface area contributed by atoms with Crippen LogP contribution in [0, 0.1) is 0 Å². The Morgan fingerprint density at radius 1 is 1.40 bits per heavy atom. The fourth-order valence-electron chi connectivity index (χ4n) is 0. The molecule has 0 atom stereocenters. The average molecular weight is 121 g/mol. The minimum absolute atomic E-state index is 0. The third-order valence-electron chi connectivity index (χ3n) is 0. The van der Waals surface area contributed by atoms with E-state index < -0.39 is 15.2 Å². The molecule has 0 aromatic rings. The van der Waals surface area contributed by atoms with Crippen molar-refractivity contribution < 1.29 is 23.2 Å². The van der Waals surface area contributed by atoms with Crippen molar-refractivity contribution in [1.29, 1.82) is 0 Å². The van der Waals surface area contributed by atoms with Crippen LogP contribution >= 0.6 is 0 Å². The van der Waals surface area contributed by atoms with Gasteiger partial charge in [0.25, 0.3) is 0 Å². The van der Waals surface area contributed by atoms with Crippen molar-refractivity contribution in [3.63, 3.8) is 0 Å². The Hall–Kier alpha value is 0.279. The van der Waals surface area contributed by atoms with Gasteiger partial charge in [-0.25, -0.2) is 0 Å². The normalized spacial score (nSPS) is 3.40. The van der Waals surface area contributed by atoms with Gasteiger partial charge in [0.1, 0.15) is 0 Å². The van der Waals surface area contributed by atoms with Crippen LogP contribution < -0.4 is 0 Å². The fraction of sp³-hybridized carbons (Fsp3) is 1.00. The van der Waals surface area contributed by atoms with Crippen molar-refractivity contribution in [1.82, 2.24) is 0 Å². The maximum absolute atomic E-state index is 8.49. The molecule has 0 aliphatic rings. The quantitative estimate of drug-likeness (QED) is 0.476. The monoisotopic (exact) mass is 121 g/mol. The van der Waals surface area contributed by atoms with E-state index >= 15 is 0 Å². The van der Waals surface area contributed by atoms with Gasteiger partial charge in [0.15, 0.2) is 0 Å². The molecule has 37 valence electrons. The van der Waals surface area contributed by atoms with Crippen LogP contribution in [-0.4, -0.2) is 4.19 Å². The summed E-state index contributed by atoms with van der Waals surface area (Å²) in [4.78, 5) is 0. The fourth-order valence-corrected chi connectivity index (χ4v) is 0. The Morgan fingerprint density at radius 3 is 1.40 bits per heavy atom. The molecule has 0 aromatic heterocycles. The Bertz CT molecular complexity index is 15.1. The second-order valence-corrected chi connectivity index (χ2v) is 0.266. The van der Waals surface area contributed by atoms with Crippen LogP contribution in [0.15, 0.2) is 0 Å². The maximum atomic E-state index is 8.49. The van der Waals surface area contributed by atoms with Gasteiger partial charge in [-0.3, -0.25) is 0 Å². The van der Waals surface area contributed by atoms with Crippen molar-refractivity contribution in [3.8, 4) is 0 Å². The number of hydrogen-bond acceptors (Lipinski definition) is 1. The van der Waals surface area contributed by atoms with E-state index in [4.69, 9.17) is 8.02 Å². The van der Waals surface area contributed by atoms with Gasteiger partial charge in [-0.2, -0.15) is 0 Å². The summed E-state index contributed by atoms with van der Waals surface area (Å²) in [6.45, 7) is 0. The SMILES string of the molecule is C.C.[O]=[Fe][OH]. The van der Waals surface area contributed by atoms with E-state index in [-0.39, 0.29) is 14.9 Å². The molecule has 5 heavy (non-hydrogen) atoms. The van der Waals surface area contributed by atoms with Gasteiger partial charge < -0.3 is 0 Å². The predicted molar refractivity (Wildman–Crippen MR) is 16.4 cm³/mol. The third kappa shape index (κ3) is 285. The molecule has 0 amide bonds. The molecule has 0 aromatic carbocycles. The van der Waals surface area contributed by atoms with Crippen LogP contribution in [-0.2, 0) is 19.1 Å². The molecule has 0 rings (SSSR count). The molecule has 0 bridgehead atoms. The van der Waals surface area contributed by atoms with Gasteiger partial charge in [-0.15, -0.1) is 0 Å². The Morgan fingerprint density at radius 2 is 1.40 bits per heavy atom.